The molecule has 1 aromatic heterocycles. The fourth-order valence-electron chi connectivity index (χ4n) is 2.84. The number of hydrogen-bond acceptors (Lipinski definition) is 3. The third kappa shape index (κ3) is 5.00. The zero-order valence-corrected chi connectivity index (χ0v) is 12.0. The molecular formula is C16H27NO2. The van der Waals surface area contributed by atoms with Crippen LogP contribution in [0.4, 0.5) is 0 Å². The molecule has 1 fully saturated rings. The summed E-state index contributed by atoms with van der Waals surface area (Å²) in [6, 6.07) is 4.37. The number of furan rings is 1. The lowest BCUT2D eigenvalue weighted by atomic mass is 9.94. The van der Waals surface area contributed by atoms with Crippen LogP contribution in [0.1, 0.15) is 57.6 Å². The van der Waals surface area contributed by atoms with Crippen molar-refractivity contribution in [2.75, 3.05) is 6.54 Å². The molecule has 108 valence electrons. The van der Waals surface area contributed by atoms with Crippen LogP contribution in [0, 0.1) is 0 Å². The number of nitrogens with one attached hydrogen (secondary N) is 1. The molecule has 0 saturated heterocycles. The van der Waals surface area contributed by atoms with Crippen molar-refractivity contribution in [3.63, 3.8) is 0 Å². The Bertz CT molecular complexity index is 340. The van der Waals surface area contributed by atoms with E-state index in [1.54, 1.807) is 6.26 Å². The zero-order chi connectivity index (χ0) is 13.6. The molecule has 1 aliphatic carbocycles. The summed E-state index contributed by atoms with van der Waals surface area (Å²) in [4.78, 5) is 0. The molecule has 1 aliphatic rings. The van der Waals surface area contributed by atoms with Crippen LogP contribution < -0.4 is 5.32 Å². The lowest BCUT2D eigenvalue weighted by Gasteiger charge is -2.28. The van der Waals surface area contributed by atoms with Crippen molar-refractivity contribution in [2.45, 2.75) is 69.9 Å². The van der Waals surface area contributed by atoms with Gasteiger partial charge in [-0.05, 0) is 38.3 Å². The minimum atomic E-state index is -0.477. The molecule has 0 aromatic carbocycles. The van der Waals surface area contributed by atoms with Crippen molar-refractivity contribution in [3.8, 4) is 0 Å². The maximum absolute atomic E-state index is 10.6. The average molecular weight is 265 g/mol. The van der Waals surface area contributed by atoms with E-state index in [-0.39, 0.29) is 0 Å². The van der Waals surface area contributed by atoms with Gasteiger partial charge in [0.25, 0.3) is 0 Å². The Morgan fingerprint density at radius 2 is 2.05 bits per heavy atom. The number of hydrogen-bond donors (Lipinski definition) is 2. The monoisotopic (exact) mass is 265 g/mol. The topological polar surface area (TPSA) is 45.4 Å². The van der Waals surface area contributed by atoms with Gasteiger partial charge in [-0.15, -0.1) is 0 Å². The van der Waals surface area contributed by atoms with E-state index in [0.29, 0.717) is 6.04 Å². The summed E-state index contributed by atoms with van der Waals surface area (Å²) in [5, 5.41) is 14.1. The molecule has 1 saturated carbocycles. The second kappa shape index (κ2) is 7.11. The van der Waals surface area contributed by atoms with Crippen molar-refractivity contribution in [3.05, 3.63) is 24.2 Å². The highest BCUT2D eigenvalue weighted by atomic mass is 16.3. The van der Waals surface area contributed by atoms with Gasteiger partial charge in [0, 0.05) is 19.0 Å². The second-order valence-corrected chi connectivity index (χ2v) is 6.04. The van der Waals surface area contributed by atoms with E-state index < -0.39 is 5.60 Å². The van der Waals surface area contributed by atoms with Gasteiger partial charge in [0.15, 0.2) is 0 Å². The molecule has 3 nitrogen and oxygen atoms in total. The largest absolute Gasteiger partial charge is 0.469 e. The maximum Gasteiger partial charge on any atom is 0.103 e. The lowest BCUT2D eigenvalue weighted by molar-refractivity contribution is 0.0229. The molecule has 2 rings (SSSR count). The van der Waals surface area contributed by atoms with Crippen LogP contribution in [0.3, 0.4) is 0 Å². The first-order chi connectivity index (χ1) is 9.18. The van der Waals surface area contributed by atoms with Gasteiger partial charge < -0.3 is 14.8 Å². The average Bonchev–Trinajstić information content (AvgIpc) is 2.83. The molecular weight excluding hydrogens is 238 g/mol. The summed E-state index contributed by atoms with van der Waals surface area (Å²) in [7, 11) is 0. The van der Waals surface area contributed by atoms with Crippen LogP contribution in [0.15, 0.2) is 22.8 Å². The Hall–Kier alpha value is -0.800. The standard InChI is InChI=1S/C16H27NO2/c1-14(8-9-15-7-6-12-19-15)17-13-16(18)10-4-2-3-5-11-16/h6-7,12,14,17-18H,2-5,8-11,13H2,1H3. The van der Waals surface area contributed by atoms with Gasteiger partial charge in [0.05, 0.1) is 11.9 Å². The molecule has 1 atom stereocenters. The summed E-state index contributed by atoms with van der Waals surface area (Å²) in [6.07, 6.45) is 10.5. The van der Waals surface area contributed by atoms with Gasteiger partial charge in [-0.1, -0.05) is 25.7 Å². The molecule has 0 amide bonds. The fraction of sp³-hybridized carbons (Fsp3) is 0.750. The van der Waals surface area contributed by atoms with E-state index in [9.17, 15) is 5.11 Å². The van der Waals surface area contributed by atoms with Crippen molar-refractivity contribution < 1.29 is 9.52 Å². The number of aliphatic hydroxyl groups is 1. The first-order valence-electron chi connectivity index (χ1n) is 7.66. The molecule has 1 heterocycles. The number of aryl methyl sites for hydroxylation is 1. The molecule has 2 N–H and O–H groups in total. The smallest absolute Gasteiger partial charge is 0.103 e. The molecule has 19 heavy (non-hydrogen) atoms. The molecule has 0 aliphatic heterocycles. The second-order valence-electron chi connectivity index (χ2n) is 6.04. The Morgan fingerprint density at radius 3 is 2.68 bits per heavy atom. The van der Waals surface area contributed by atoms with Gasteiger partial charge >= 0.3 is 0 Å². The normalized spacial score (nSPS) is 20.9. The van der Waals surface area contributed by atoms with E-state index in [0.717, 1.165) is 38.0 Å². The molecule has 1 aromatic rings. The van der Waals surface area contributed by atoms with Crippen LogP contribution in [0.2, 0.25) is 0 Å². The minimum Gasteiger partial charge on any atom is -0.469 e. The summed E-state index contributed by atoms with van der Waals surface area (Å²) in [6.45, 7) is 2.91. The van der Waals surface area contributed by atoms with Crippen LogP contribution in [0.25, 0.3) is 0 Å². The predicted octanol–water partition coefficient (Wildman–Crippen LogP) is 3.28. The Balaban J connectivity index is 1.68. The van der Waals surface area contributed by atoms with Crippen LogP contribution in [0.5, 0.6) is 0 Å². The van der Waals surface area contributed by atoms with Gasteiger partial charge in [0.2, 0.25) is 0 Å². The summed E-state index contributed by atoms with van der Waals surface area (Å²) >= 11 is 0. The van der Waals surface area contributed by atoms with E-state index in [2.05, 4.69) is 12.2 Å². The number of rotatable bonds is 6. The lowest BCUT2D eigenvalue weighted by Crippen LogP contribution is -2.43. The van der Waals surface area contributed by atoms with Crippen LogP contribution in [-0.4, -0.2) is 23.3 Å². The first kappa shape index (κ1) is 14.6. The molecule has 0 radical (unpaired) electrons. The molecule has 0 spiro atoms. The molecule has 3 heteroatoms. The maximum atomic E-state index is 10.6. The van der Waals surface area contributed by atoms with Crippen LogP contribution >= 0.6 is 0 Å². The Morgan fingerprint density at radius 1 is 1.32 bits per heavy atom. The van der Waals surface area contributed by atoms with Gasteiger partial charge in [0.1, 0.15) is 5.76 Å². The van der Waals surface area contributed by atoms with E-state index in [1.807, 2.05) is 12.1 Å². The fourth-order valence-corrected chi connectivity index (χ4v) is 2.84. The molecule has 1 unspecified atom stereocenters. The first-order valence-corrected chi connectivity index (χ1v) is 7.66. The van der Waals surface area contributed by atoms with Gasteiger partial charge in [-0.2, -0.15) is 0 Å². The highest BCUT2D eigenvalue weighted by Crippen LogP contribution is 2.26. The highest BCUT2D eigenvalue weighted by Gasteiger charge is 2.27. The minimum absolute atomic E-state index is 0.414. The Labute approximate surface area is 116 Å². The Kier molecular flexibility index (Phi) is 5.46. The van der Waals surface area contributed by atoms with Crippen LogP contribution in [-0.2, 0) is 6.42 Å². The van der Waals surface area contributed by atoms with E-state index >= 15 is 0 Å². The quantitative estimate of drug-likeness (QED) is 0.776. The van der Waals surface area contributed by atoms with Crippen molar-refractivity contribution >= 4 is 0 Å². The SMILES string of the molecule is CC(CCc1ccco1)NCC1(O)CCCCCC1. The van der Waals surface area contributed by atoms with Crippen molar-refractivity contribution in [1.29, 1.82) is 0 Å². The summed E-state index contributed by atoms with van der Waals surface area (Å²) in [5.74, 6) is 1.04. The summed E-state index contributed by atoms with van der Waals surface area (Å²) < 4.78 is 5.34. The highest BCUT2D eigenvalue weighted by molar-refractivity contribution is 4.98. The van der Waals surface area contributed by atoms with Crippen molar-refractivity contribution in [1.82, 2.24) is 5.32 Å². The summed E-state index contributed by atoms with van der Waals surface area (Å²) in [5.41, 5.74) is -0.477. The third-order valence-electron chi connectivity index (χ3n) is 4.22. The van der Waals surface area contributed by atoms with Gasteiger partial charge in [-0.25, -0.2) is 0 Å². The van der Waals surface area contributed by atoms with E-state index in [1.165, 1.54) is 25.7 Å². The van der Waals surface area contributed by atoms with Gasteiger partial charge in [-0.3, -0.25) is 0 Å². The third-order valence-corrected chi connectivity index (χ3v) is 4.22. The predicted molar refractivity (Wildman–Crippen MR) is 77.1 cm³/mol. The zero-order valence-electron chi connectivity index (χ0n) is 12.0. The van der Waals surface area contributed by atoms with Crippen molar-refractivity contribution in [2.24, 2.45) is 0 Å². The molecule has 0 bridgehead atoms. The van der Waals surface area contributed by atoms with E-state index in [4.69, 9.17) is 4.42 Å².